The third-order valence-electron chi connectivity index (χ3n) is 2.78. The molecule has 0 bridgehead atoms. The van der Waals surface area contributed by atoms with Gasteiger partial charge in [0.15, 0.2) is 5.75 Å². The molecule has 18 heavy (non-hydrogen) atoms. The number of benzene rings is 1. The van der Waals surface area contributed by atoms with Gasteiger partial charge in [-0.3, -0.25) is 0 Å². The topological polar surface area (TPSA) is 50.4 Å². The van der Waals surface area contributed by atoms with E-state index in [1.54, 1.807) is 18.2 Å². The molecule has 4 nitrogen and oxygen atoms in total. The number of hydrogen-bond donors (Lipinski definition) is 2. The summed E-state index contributed by atoms with van der Waals surface area (Å²) in [7, 11) is 1.51. The van der Waals surface area contributed by atoms with Gasteiger partial charge in [-0.2, -0.15) is 0 Å². The molecule has 0 aliphatic heterocycles. The van der Waals surface area contributed by atoms with Crippen molar-refractivity contribution >= 4 is 23.3 Å². The zero-order chi connectivity index (χ0) is 13.7. The van der Waals surface area contributed by atoms with E-state index in [4.69, 9.17) is 16.3 Å². The average molecular weight is 271 g/mol. The Morgan fingerprint density at radius 2 is 2.00 bits per heavy atom. The highest BCUT2D eigenvalue weighted by Crippen LogP contribution is 2.32. The van der Waals surface area contributed by atoms with Crippen LogP contribution in [0.25, 0.3) is 0 Å². The monoisotopic (exact) mass is 270 g/mol. The van der Waals surface area contributed by atoms with Gasteiger partial charge in [-0.25, -0.2) is 4.79 Å². The second-order valence-corrected chi connectivity index (χ2v) is 4.86. The summed E-state index contributed by atoms with van der Waals surface area (Å²) >= 11 is 5.97. The molecule has 0 saturated heterocycles. The molecule has 0 spiro atoms. The summed E-state index contributed by atoms with van der Waals surface area (Å²) in [5.41, 5.74) is 0.554. The van der Waals surface area contributed by atoms with Crippen molar-refractivity contribution in [2.75, 3.05) is 12.4 Å². The number of methoxy groups -OCH3 is 1. The van der Waals surface area contributed by atoms with Gasteiger partial charge in [0.25, 0.3) is 0 Å². The molecule has 1 rings (SSSR count). The van der Waals surface area contributed by atoms with Crippen LogP contribution in [0, 0.1) is 5.92 Å². The maximum absolute atomic E-state index is 11.8. The maximum Gasteiger partial charge on any atom is 0.319 e. The molecule has 0 aliphatic rings. The van der Waals surface area contributed by atoms with E-state index in [-0.39, 0.29) is 12.1 Å². The summed E-state index contributed by atoms with van der Waals surface area (Å²) in [5, 5.41) is 6.04. The number of rotatable bonds is 4. The Morgan fingerprint density at radius 1 is 1.33 bits per heavy atom. The van der Waals surface area contributed by atoms with Gasteiger partial charge in [-0.15, -0.1) is 0 Å². The van der Waals surface area contributed by atoms with Crippen LogP contribution in [0.15, 0.2) is 18.2 Å². The number of nitrogens with one attached hydrogen (secondary N) is 2. The highest BCUT2D eigenvalue weighted by molar-refractivity contribution is 6.32. The van der Waals surface area contributed by atoms with E-state index in [1.807, 2.05) is 20.8 Å². The fourth-order valence-electron chi connectivity index (χ4n) is 1.35. The molecule has 0 radical (unpaired) electrons. The second-order valence-electron chi connectivity index (χ2n) is 4.45. The Bertz CT molecular complexity index is 421. The van der Waals surface area contributed by atoms with Crippen molar-refractivity contribution in [1.29, 1.82) is 0 Å². The summed E-state index contributed by atoms with van der Waals surface area (Å²) in [6.07, 6.45) is 0. The molecule has 2 N–H and O–H groups in total. The normalized spacial score (nSPS) is 12.1. The molecule has 0 aromatic heterocycles. The van der Waals surface area contributed by atoms with Gasteiger partial charge in [-0.1, -0.05) is 31.5 Å². The molecular weight excluding hydrogens is 252 g/mol. The number of anilines is 1. The number of amides is 2. The lowest BCUT2D eigenvalue weighted by molar-refractivity contribution is 0.246. The van der Waals surface area contributed by atoms with Crippen molar-refractivity contribution in [2.24, 2.45) is 5.92 Å². The number of urea groups is 1. The van der Waals surface area contributed by atoms with Crippen molar-refractivity contribution in [1.82, 2.24) is 5.32 Å². The number of ether oxygens (including phenoxy) is 1. The van der Waals surface area contributed by atoms with Crippen LogP contribution in [-0.2, 0) is 0 Å². The summed E-state index contributed by atoms with van der Waals surface area (Å²) in [6, 6.07) is 5.03. The molecule has 2 amide bonds. The Kier molecular flexibility index (Phi) is 5.28. The molecule has 0 saturated carbocycles. The molecule has 1 unspecified atom stereocenters. The van der Waals surface area contributed by atoms with Crippen LogP contribution < -0.4 is 15.4 Å². The SMILES string of the molecule is COc1c(Cl)cccc1NC(=O)NC(C)C(C)C. The quantitative estimate of drug-likeness (QED) is 0.880. The predicted molar refractivity (Wildman–Crippen MR) is 74.5 cm³/mol. The van der Waals surface area contributed by atoms with Crippen LogP contribution in [0.5, 0.6) is 5.75 Å². The molecule has 5 heteroatoms. The van der Waals surface area contributed by atoms with Gasteiger partial charge in [0.1, 0.15) is 0 Å². The first-order valence-electron chi connectivity index (χ1n) is 5.85. The standard InChI is InChI=1S/C13H19ClN2O2/c1-8(2)9(3)15-13(17)16-11-7-5-6-10(14)12(11)18-4/h5-9H,1-4H3,(H2,15,16,17). The van der Waals surface area contributed by atoms with E-state index in [2.05, 4.69) is 10.6 Å². The molecule has 0 heterocycles. The number of para-hydroxylation sites is 1. The van der Waals surface area contributed by atoms with E-state index in [0.717, 1.165) is 0 Å². The Labute approximate surface area is 113 Å². The predicted octanol–water partition coefficient (Wildman–Crippen LogP) is 3.51. The van der Waals surface area contributed by atoms with E-state index in [1.165, 1.54) is 7.11 Å². The number of hydrogen-bond acceptors (Lipinski definition) is 2. The van der Waals surface area contributed by atoms with Crippen LogP contribution in [0.1, 0.15) is 20.8 Å². The Hall–Kier alpha value is -1.42. The van der Waals surface area contributed by atoms with Gasteiger partial charge in [-0.05, 0) is 25.0 Å². The number of carbonyl (C=O) groups is 1. The first-order valence-corrected chi connectivity index (χ1v) is 6.23. The first kappa shape index (κ1) is 14.6. The fraction of sp³-hybridized carbons (Fsp3) is 0.462. The summed E-state index contributed by atoms with van der Waals surface area (Å²) < 4.78 is 5.15. The smallest absolute Gasteiger partial charge is 0.319 e. The lowest BCUT2D eigenvalue weighted by Crippen LogP contribution is -2.39. The Balaban J connectivity index is 2.73. The van der Waals surface area contributed by atoms with Gasteiger partial charge in [0.05, 0.1) is 17.8 Å². The van der Waals surface area contributed by atoms with Crippen LogP contribution in [0.4, 0.5) is 10.5 Å². The zero-order valence-corrected chi connectivity index (χ0v) is 11.8. The summed E-state index contributed by atoms with van der Waals surface area (Å²) in [5.74, 6) is 0.837. The number of halogens is 1. The molecular formula is C13H19ClN2O2. The van der Waals surface area contributed by atoms with Gasteiger partial charge in [0.2, 0.25) is 0 Å². The van der Waals surface area contributed by atoms with Crippen molar-refractivity contribution in [3.05, 3.63) is 23.2 Å². The molecule has 1 atom stereocenters. The minimum absolute atomic E-state index is 0.0928. The summed E-state index contributed by atoms with van der Waals surface area (Å²) in [6.45, 7) is 6.05. The van der Waals surface area contributed by atoms with Crippen molar-refractivity contribution in [3.63, 3.8) is 0 Å². The van der Waals surface area contributed by atoms with Crippen molar-refractivity contribution < 1.29 is 9.53 Å². The third-order valence-corrected chi connectivity index (χ3v) is 3.08. The second kappa shape index (κ2) is 6.50. The first-order chi connectivity index (χ1) is 8.45. The molecule has 1 aromatic rings. The Morgan fingerprint density at radius 3 is 2.56 bits per heavy atom. The zero-order valence-electron chi connectivity index (χ0n) is 11.1. The molecule has 0 aliphatic carbocycles. The van der Waals surface area contributed by atoms with E-state index in [0.29, 0.717) is 22.4 Å². The lowest BCUT2D eigenvalue weighted by Gasteiger charge is -2.18. The van der Waals surface area contributed by atoms with Crippen LogP contribution >= 0.6 is 11.6 Å². The minimum atomic E-state index is -0.267. The van der Waals surface area contributed by atoms with Gasteiger partial charge < -0.3 is 15.4 Å². The highest BCUT2D eigenvalue weighted by atomic mass is 35.5. The van der Waals surface area contributed by atoms with Crippen molar-refractivity contribution in [2.45, 2.75) is 26.8 Å². The van der Waals surface area contributed by atoms with E-state index in [9.17, 15) is 4.79 Å². The molecule has 100 valence electrons. The van der Waals surface area contributed by atoms with E-state index >= 15 is 0 Å². The van der Waals surface area contributed by atoms with E-state index < -0.39 is 0 Å². The maximum atomic E-state index is 11.8. The summed E-state index contributed by atoms with van der Waals surface area (Å²) in [4.78, 5) is 11.8. The largest absolute Gasteiger partial charge is 0.493 e. The van der Waals surface area contributed by atoms with Crippen LogP contribution in [0.2, 0.25) is 5.02 Å². The molecule has 1 aromatic carbocycles. The van der Waals surface area contributed by atoms with Gasteiger partial charge >= 0.3 is 6.03 Å². The lowest BCUT2D eigenvalue weighted by atomic mass is 10.1. The van der Waals surface area contributed by atoms with Crippen LogP contribution in [0.3, 0.4) is 0 Å². The highest BCUT2D eigenvalue weighted by Gasteiger charge is 2.13. The molecule has 0 fully saturated rings. The third kappa shape index (κ3) is 3.81. The fourth-order valence-corrected chi connectivity index (χ4v) is 1.60. The van der Waals surface area contributed by atoms with Crippen LogP contribution in [-0.4, -0.2) is 19.2 Å². The van der Waals surface area contributed by atoms with Gasteiger partial charge in [0, 0.05) is 6.04 Å². The van der Waals surface area contributed by atoms with Crippen molar-refractivity contribution in [3.8, 4) is 5.75 Å². The minimum Gasteiger partial charge on any atom is -0.493 e. The number of carbonyl (C=O) groups excluding carboxylic acids is 1. The average Bonchev–Trinajstić information content (AvgIpc) is 2.28.